The molecular formula is C130H83N9O3S2. The highest BCUT2D eigenvalue weighted by atomic mass is 32.1. The number of para-hydroxylation sites is 5. The molecular weight excluding hydrogens is 1800 g/mol. The highest BCUT2D eigenvalue weighted by Crippen LogP contribution is 2.57. The van der Waals surface area contributed by atoms with Crippen molar-refractivity contribution in [2.45, 2.75) is 38.5 Å². The summed E-state index contributed by atoms with van der Waals surface area (Å²) in [5, 5.41) is 13.7. The van der Waals surface area contributed by atoms with E-state index in [-0.39, 0.29) is 10.8 Å². The molecule has 11 heterocycles. The summed E-state index contributed by atoms with van der Waals surface area (Å²) in [6, 6.07) is 152. The zero-order valence-electron chi connectivity index (χ0n) is 78.6. The van der Waals surface area contributed by atoms with Crippen molar-refractivity contribution in [1.82, 2.24) is 43.6 Å². The van der Waals surface area contributed by atoms with E-state index >= 15 is 0 Å². The van der Waals surface area contributed by atoms with Crippen LogP contribution in [0.2, 0.25) is 0 Å². The minimum absolute atomic E-state index is 0.122. The van der Waals surface area contributed by atoms with E-state index < -0.39 is 0 Å². The Kier molecular flexibility index (Phi) is 18.6. The number of hydrogen-bond acceptors (Lipinski definition) is 11. The van der Waals surface area contributed by atoms with Crippen molar-refractivity contribution < 1.29 is 13.3 Å². The van der Waals surface area contributed by atoms with Crippen LogP contribution < -0.4 is 0 Å². The van der Waals surface area contributed by atoms with Gasteiger partial charge < -0.3 is 22.4 Å². The summed E-state index contributed by atoms with van der Waals surface area (Å²) >= 11 is 3.52. The molecule has 0 atom stereocenters. The van der Waals surface area contributed by atoms with Gasteiger partial charge in [-0.25, -0.2) is 24.9 Å². The number of fused-ring (bicyclic) bond motifs is 28. The van der Waals surface area contributed by atoms with Crippen molar-refractivity contribution in [3.8, 4) is 119 Å². The van der Waals surface area contributed by atoms with E-state index in [0.717, 1.165) is 159 Å². The van der Waals surface area contributed by atoms with E-state index in [1.165, 1.54) is 103 Å². The molecule has 0 amide bonds. The van der Waals surface area contributed by atoms with Crippen molar-refractivity contribution in [3.05, 3.63) is 453 Å². The van der Waals surface area contributed by atoms with E-state index in [1.54, 1.807) is 22.7 Å². The fraction of sp³-hybridized carbons (Fsp3) is 0.0462. The lowest BCUT2D eigenvalue weighted by molar-refractivity contribution is 0.644. The van der Waals surface area contributed by atoms with Crippen LogP contribution in [0.4, 0.5) is 0 Å². The minimum Gasteiger partial charge on any atom is -0.456 e. The molecule has 0 spiro atoms. The minimum atomic E-state index is -0.163. The maximum absolute atomic E-state index is 6.92. The fourth-order valence-corrected chi connectivity index (χ4v) is 25.4. The average Bonchev–Trinajstić information content (AvgIpc) is 1.54. The van der Waals surface area contributed by atoms with Crippen LogP contribution >= 0.6 is 22.7 Å². The van der Waals surface area contributed by atoms with Crippen LogP contribution in [0.5, 0.6) is 0 Å². The molecule has 18 aromatic carbocycles. The number of benzene rings is 18. The molecule has 0 bridgehead atoms. The van der Waals surface area contributed by atoms with Gasteiger partial charge in [0.05, 0.1) is 60.4 Å². The summed E-state index contributed by atoms with van der Waals surface area (Å²) < 4.78 is 31.5. The van der Waals surface area contributed by atoms with Crippen LogP contribution in [0.15, 0.2) is 444 Å². The highest BCUT2D eigenvalue weighted by Gasteiger charge is 2.43. The third-order valence-corrected chi connectivity index (χ3v) is 31.9. The zero-order valence-corrected chi connectivity index (χ0v) is 80.2. The number of hydrogen-bond donors (Lipinski definition) is 0. The van der Waals surface area contributed by atoms with E-state index in [2.05, 4.69) is 430 Å². The van der Waals surface area contributed by atoms with E-state index in [9.17, 15) is 0 Å². The SMILES string of the molecule is CC1(C)c2ccccc2-c2c1ccc1c2oc2nc(-n3c4c(c5ccccc53)C(C)(C)c3ccccc3-4)nc(-c3ccccc3)c21.c1ccc(-c2c(-c3ccccc3)n(-c3cccc(-c4nc(-c5ccccc5)c5oc6cc7sc8ccccc8c7cc6c5n4)c3)c3ccccc23)cc1.c1ccc(-c2nc(-c3cccc(-n4c5ccccc5c5ccccc54)c3)nc3c2sc2cc4oc5ccccc5c4cc23)cc1. The van der Waals surface area contributed by atoms with Gasteiger partial charge in [0.1, 0.15) is 33.5 Å². The zero-order chi connectivity index (χ0) is 95.3. The molecule has 0 saturated carbocycles. The Morgan fingerprint density at radius 2 is 0.743 bits per heavy atom. The van der Waals surface area contributed by atoms with Crippen molar-refractivity contribution in [2.75, 3.05) is 0 Å². The summed E-state index contributed by atoms with van der Waals surface area (Å²) in [6.45, 7) is 9.26. The number of thiophene rings is 2. The number of aromatic nitrogens is 9. The third-order valence-electron chi connectivity index (χ3n) is 29.6. The predicted molar refractivity (Wildman–Crippen MR) is 595 cm³/mol. The Morgan fingerprint density at radius 1 is 0.250 bits per heavy atom. The Balaban J connectivity index is 0.000000103. The first kappa shape index (κ1) is 82.9. The lowest BCUT2D eigenvalue weighted by Crippen LogP contribution is -2.14. The summed E-state index contributed by atoms with van der Waals surface area (Å²) in [5.74, 6) is 1.98. The standard InChI is InChI=1S/C48H29N3OS.C42H31N3O.C40H23N3OS/c1-4-15-30(16-5-1)43-36-24-10-12-25-39(36)51(46(43)32-19-8-3-9-20-32)34-22-14-21-33(27-34)48-49-44(31-17-6-2-7-18-31)47-45(50-48)38-28-37-35-23-11-13-26-41(35)53-42(37)29-40(38)52-47;1-41(2)29-19-11-8-16-25(29)33-31(41)23-22-28-34-36(24-14-6-5-7-15-24)43-40(44-39(34)46-38(28)33)45-32-21-13-10-18-27(32)35-37(45)26-17-9-12-20-30(26)42(35,3)4;1-2-11-24(12-3-1)37-39-38(31-22-30-29-17-6-9-20-34(29)44-35(30)23-36(31)45-39)42-40(41-37)25-13-10-14-26(21-25)43-32-18-7-4-15-27(32)28-16-5-8-19-33(28)43/h1-29H;5-23H,1-4H3;1-23H. The topological polar surface area (TPSA) is 132 Å². The number of furan rings is 3. The van der Waals surface area contributed by atoms with Gasteiger partial charge in [-0.3, -0.25) is 4.57 Å². The first-order valence-corrected chi connectivity index (χ1v) is 50.4. The molecule has 144 heavy (non-hydrogen) atoms. The third kappa shape index (κ3) is 12.8. The summed E-state index contributed by atoms with van der Waals surface area (Å²) in [4.78, 5) is 31.9. The van der Waals surface area contributed by atoms with E-state index in [4.69, 9.17) is 43.2 Å². The Morgan fingerprint density at radius 3 is 1.41 bits per heavy atom. The summed E-state index contributed by atoms with van der Waals surface area (Å²) in [6.07, 6.45) is 0. The summed E-state index contributed by atoms with van der Waals surface area (Å²) in [7, 11) is 0. The molecule has 678 valence electrons. The molecule has 0 N–H and O–H groups in total. The molecule has 31 rings (SSSR count). The lowest BCUT2D eigenvalue weighted by Gasteiger charge is -2.21. The molecule has 2 aliphatic carbocycles. The molecule has 29 aromatic rings. The smallest absolute Gasteiger partial charge is 0.238 e. The Hall–Kier alpha value is -18.1. The fourth-order valence-electron chi connectivity index (χ4n) is 23.1. The van der Waals surface area contributed by atoms with Crippen LogP contribution in [0.3, 0.4) is 0 Å². The average molecular weight is 1880 g/mol. The summed E-state index contributed by atoms with van der Waals surface area (Å²) in [5.41, 5.74) is 35.3. The second-order valence-corrected chi connectivity index (χ2v) is 40.7. The maximum Gasteiger partial charge on any atom is 0.238 e. The monoisotopic (exact) mass is 1880 g/mol. The van der Waals surface area contributed by atoms with Crippen molar-refractivity contribution in [1.29, 1.82) is 0 Å². The van der Waals surface area contributed by atoms with E-state index in [0.29, 0.717) is 28.9 Å². The molecule has 14 heteroatoms. The molecule has 0 fully saturated rings. The molecule has 12 nitrogen and oxygen atoms in total. The van der Waals surface area contributed by atoms with Crippen LogP contribution in [-0.2, 0) is 10.8 Å². The number of rotatable bonds is 10. The normalized spacial score (nSPS) is 13.0. The second-order valence-electron chi connectivity index (χ2n) is 38.5. The van der Waals surface area contributed by atoms with Crippen molar-refractivity contribution >= 4 is 173 Å². The lowest BCUT2D eigenvalue weighted by atomic mass is 9.81. The first-order valence-electron chi connectivity index (χ1n) is 48.8. The van der Waals surface area contributed by atoms with Gasteiger partial charge in [-0.15, -0.1) is 22.7 Å². The molecule has 11 aromatic heterocycles. The molecule has 2 aliphatic rings. The maximum atomic E-state index is 6.92. The molecule has 0 unspecified atom stereocenters. The van der Waals surface area contributed by atoms with Gasteiger partial charge in [-0.2, -0.15) is 4.98 Å². The molecule has 0 aliphatic heterocycles. The van der Waals surface area contributed by atoms with Gasteiger partial charge in [0, 0.05) is 140 Å². The van der Waals surface area contributed by atoms with Gasteiger partial charge in [0.25, 0.3) is 0 Å². The quantitative estimate of drug-likeness (QED) is 0.131. The Bertz CT molecular complexity index is 10300. The van der Waals surface area contributed by atoms with Crippen LogP contribution in [0.1, 0.15) is 49.9 Å². The van der Waals surface area contributed by atoms with Crippen LogP contribution in [0.25, 0.3) is 269 Å². The van der Waals surface area contributed by atoms with Gasteiger partial charge in [0.15, 0.2) is 17.2 Å². The predicted octanol–water partition coefficient (Wildman–Crippen LogP) is 35.1. The largest absolute Gasteiger partial charge is 0.456 e. The molecule has 0 saturated heterocycles. The molecule has 0 radical (unpaired) electrons. The van der Waals surface area contributed by atoms with Crippen molar-refractivity contribution in [3.63, 3.8) is 0 Å². The first-order chi connectivity index (χ1) is 70.9. The van der Waals surface area contributed by atoms with E-state index in [1.807, 2.05) is 42.5 Å². The van der Waals surface area contributed by atoms with Gasteiger partial charge in [0.2, 0.25) is 11.7 Å². The van der Waals surface area contributed by atoms with Crippen LogP contribution in [0, 0.1) is 0 Å². The van der Waals surface area contributed by atoms with Crippen LogP contribution in [-0.4, -0.2) is 43.6 Å². The Labute approximate surface area is 833 Å². The second kappa shape index (κ2) is 32.2. The number of nitrogens with zero attached hydrogens (tertiary/aromatic N) is 9. The highest BCUT2D eigenvalue weighted by molar-refractivity contribution is 7.26. The van der Waals surface area contributed by atoms with Gasteiger partial charge in [-0.05, 0) is 130 Å². The van der Waals surface area contributed by atoms with Gasteiger partial charge in [-0.1, -0.05) is 367 Å². The van der Waals surface area contributed by atoms with Gasteiger partial charge >= 0.3 is 0 Å². The van der Waals surface area contributed by atoms with Crippen molar-refractivity contribution in [2.24, 2.45) is 0 Å².